The molecular formula is C8H14N4O. The first-order valence-corrected chi connectivity index (χ1v) is 4.19. The Morgan fingerprint density at radius 1 is 1.62 bits per heavy atom. The average molecular weight is 182 g/mol. The van der Waals surface area contributed by atoms with E-state index in [-0.39, 0.29) is 0 Å². The number of rotatable bonds is 3. The minimum atomic E-state index is -0.506. The molecule has 1 rings (SSSR count). The number of hydrogen-bond donors (Lipinski definition) is 2. The van der Waals surface area contributed by atoms with Crippen molar-refractivity contribution in [3.63, 3.8) is 0 Å². The predicted octanol–water partition coefficient (Wildman–Crippen LogP) is 0.0537. The number of aromatic nitrogens is 2. The van der Waals surface area contributed by atoms with Crippen molar-refractivity contribution in [2.75, 3.05) is 5.73 Å². The summed E-state index contributed by atoms with van der Waals surface area (Å²) in [5, 5.41) is 4.11. The highest BCUT2D eigenvalue weighted by atomic mass is 16.1. The maximum absolute atomic E-state index is 11.0. The molecule has 0 aliphatic rings. The highest BCUT2D eigenvalue weighted by molar-refractivity contribution is 5.98. The van der Waals surface area contributed by atoms with Gasteiger partial charge in [0.05, 0.1) is 5.69 Å². The molecule has 0 fully saturated rings. The van der Waals surface area contributed by atoms with Crippen molar-refractivity contribution in [2.45, 2.75) is 19.8 Å². The van der Waals surface area contributed by atoms with Crippen LogP contribution in [0.3, 0.4) is 0 Å². The van der Waals surface area contributed by atoms with E-state index >= 15 is 0 Å². The zero-order valence-electron chi connectivity index (χ0n) is 7.87. The lowest BCUT2D eigenvalue weighted by atomic mass is 10.1. The second-order valence-electron chi connectivity index (χ2n) is 2.94. The quantitative estimate of drug-likeness (QED) is 0.692. The highest BCUT2D eigenvalue weighted by Crippen LogP contribution is 2.16. The Bertz CT molecular complexity index is 329. The molecule has 4 N–H and O–H groups in total. The topological polar surface area (TPSA) is 86.9 Å². The minimum absolute atomic E-state index is 0.343. The van der Waals surface area contributed by atoms with Crippen molar-refractivity contribution in [2.24, 2.45) is 12.8 Å². The SMILES string of the molecule is CCCc1nn(C)c(N)c1C(N)=O. The van der Waals surface area contributed by atoms with Crippen molar-refractivity contribution in [3.05, 3.63) is 11.3 Å². The number of nitrogens with two attached hydrogens (primary N) is 2. The fourth-order valence-corrected chi connectivity index (χ4v) is 1.27. The lowest BCUT2D eigenvalue weighted by Crippen LogP contribution is -2.14. The van der Waals surface area contributed by atoms with Crippen LogP contribution in [-0.4, -0.2) is 15.7 Å². The van der Waals surface area contributed by atoms with Crippen LogP contribution >= 0.6 is 0 Å². The fraction of sp³-hybridized carbons (Fsp3) is 0.500. The van der Waals surface area contributed by atoms with Gasteiger partial charge >= 0.3 is 0 Å². The second-order valence-corrected chi connectivity index (χ2v) is 2.94. The molecule has 72 valence electrons. The van der Waals surface area contributed by atoms with Gasteiger partial charge in [-0.05, 0) is 6.42 Å². The summed E-state index contributed by atoms with van der Waals surface area (Å²) in [5.74, 6) is -0.162. The van der Waals surface area contributed by atoms with Crippen LogP contribution in [-0.2, 0) is 13.5 Å². The Morgan fingerprint density at radius 3 is 2.69 bits per heavy atom. The molecule has 0 saturated carbocycles. The Morgan fingerprint density at radius 2 is 2.23 bits per heavy atom. The fourth-order valence-electron chi connectivity index (χ4n) is 1.27. The molecule has 0 bridgehead atoms. The average Bonchev–Trinajstić information content (AvgIpc) is 2.28. The molecule has 5 nitrogen and oxygen atoms in total. The molecule has 0 aromatic carbocycles. The van der Waals surface area contributed by atoms with E-state index in [1.807, 2.05) is 6.92 Å². The van der Waals surface area contributed by atoms with E-state index in [2.05, 4.69) is 5.10 Å². The predicted molar refractivity (Wildman–Crippen MR) is 50.1 cm³/mol. The molecule has 5 heteroatoms. The van der Waals surface area contributed by atoms with E-state index in [0.717, 1.165) is 12.8 Å². The van der Waals surface area contributed by atoms with Gasteiger partial charge in [-0.3, -0.25) is 9.48 Å². The molecule has 0 atom stereocenters. The van der Waals surface area contributed by atoms with Crippen molar-refractivity contribution in [1.29, 1.82) is 0 Å². The first kappa shape index (κ1) is 9.57. The third-order valence-electron chi connectivity index (χ3n) is 1.90. The van der Waals surface area contributed by atoms with Crippen LogP contribution in [0.2, 0.25) is 0 Å². The molecule has 13 heavy (non-hydrogen) atoms. The van der Waals surface area contributed by atoms with Crippen LogP contribution in [0.25, 0.3) is 0 Å². The lowest BCUT2D eigenvalue weighted by molar-refractivity contribution is 0.1000. The first-order chi connectivity index (χ1) is 6.07. The Kier molecular flexibility index (Phi) is 2.55. The standard InChI is InChI=1S/C8H14N4O/c1-3-4-5-6(8(10)13)7(9)12(2)11-5/h3-4,9H2,1-2H3,(H2,10,13). The van der Waals surface area contributed by atoms with Gasteiger partial charge in [-0.2, -0.15) is 5.10 Å². The summed E-state index contributed by atoms with van der Waals surface area (Å²) in [6.45, 7) is 2.01. The van der Waals surface area contributed by atoms with Gasteiger partial charge in [0.15, 0.2) is 0 Å². The van der Waals surface area contributed by atoms with E-state index < -0.39 is 5.91 Å². The molecule has 0 unspecified atom stereocenters. The third kappa shape index (κ3) is 1.63. The van der Waals surface area contributed by atoms with E-state index in [4.69, 9.17) is 11.5 Å². The second kappa shape index (κ2) is 3.47. The lowest BCUT2D eigenvalue weighted by Gasteiger charge is -1.96. The number of nitrogens with zero attached hydrogens (tertiary/aromatic N) is 2. The van der Waals surface area contributed by atoms with E-state index in [1.165, 1.54) is 4.68 Å². The van der Waals surface area contributed by atoms with Gasteiger partial charge in [-0.25, -0.2) is 0 Å². The first-order valence-electron chi connectivity index (χ1n) is 4.19. The number of carbonyl (C=O) groups is 1. The molecule has 0 aliphatic carbocycles. The van der Waals surface area contributed by atoms with Crippen molar-refractivity contribution in [1.82, 2.24) is 9.78 Å². The molecule has 0 saturated heterocycles. The Balaban J connectivity index is 3.18. The molecule has 0 radical (unpaired) electrons. The molecule has 1 aromatic heterocycles. The highest BCUT2D eigenvalue weighted by Gasteiger charge is 2.17. The number of carbonyl (C=O) groups excluding carboxylic acids is 1. The van der Waals surface area contributed by atoms with Crippen molar-refractivity contribution < 1.29 is 4.79 Å². The normalized spacial score (nSPS) is 10.3. The van der Waals surface area contributed by atoms with Crippen LogP contribution in [0.15, 0.2) is 0 Å². The van der Waals surface area contributed by atoms with Gasteiger partial charge in [-0.15, -0.1) is 0 Å². The van der Waals surface area contributed by atoms with Gasteiger partial charge in [-0.1, -0.05) is 13.3 Å². The van der Waals surface area contributed by atoms with E-state index in [0.29, 0.717) is 17.1 Å². The maximum atomic E-state index is 11.0. The summed E-state index contributed by atoms with van der Waals surface area (Å²) in [4.78, 5) is 11.0. The summed E-state index contributed by atoms with van der Waals surface area (Å²) in [7, 11) is 1.70. The van der Waals surface area contributed by atoms with Crippen LogP contribution < -0.4 is 11.5 Å². The maximum Gasteiger partial charge on any atom is 0.254 e. The number of primary amides is 1. The van der Waals surface area contributed by atoms with Crippen LogP contribution in [0.4, 0.5) is 5.82 Å². The Labute approximate surface area is 76.7 Å². The van der Waals surface area contributed by atoms with Crippen molar-refractivity contribution >= 4 is 11.7 Å². The van der Waals surface area contributed by atoms with Crippen molar-refractivity contribution in [3.8, 4) is 0 Å². The van der Waals surface area contributed by atoms with Gasteiger partial charge < -0.3 is 11.5 Å². The van der Waals surface area contributed by atoms with Crippen LogP contribution in [0, 0.1) is 0 Å². The molecule has 1 heterocycles. The molecule has 0 aliphatic heterocycles. The number of hydrogen-bond acceptors (Lipinski definition) is 3. The molecule has 0 spiro atoms. The van der Waals surface area contributed by atoms with Gasteiger partial charge in [0.2, 0.25) is 0 Å². The van der Waals surface area contributed by atoms with Gasteiger partial charge in [0.25, 0.3) is 5.91 Å². The summed E-state index contributed by atoms with van der Waals surface area (Å²) in [6.07, 6.45) is 1.64. The van der Waals surface area contributed by atoms with Gasteiger partial charge in [0.1, 0.15) is 11.4 Å². The molecular weight excluding hydrogens is 168 g/mol. The van der Waals surface area contributed by atoms with Gasteiger partial charge in [0, 0.05) is 7.05 Å². The smallest absolute Gasteiger partial charge is 0.254 e. The summed E-state index contributed by atoms with van der Waals surface area (Å²) >= 11 is 0. The third-order valence-corrected chi connectivity index (χ3v) is 1.90. The molecule has 1 aromatic rings. The van der Waals surface area contributed by atoms with E-state index in [9.17, 15) is 4.79 Å². The molecule has 1 amide bonds. The largest absolute Gasteiger partial charge is 0.383 e. The summed E-state index contributed by atoms with van der Waals surface area (Å²) in [6, 6.07) is 0. The number of aryl methyl sites for hydroxylation is 2. The Hall–Kier alpha value is -1.52. The van der Waals surface area contributed by atoms with Crippen LogP contribution in [0.5, 0.6) is 0 Å². The summed E-state index contributed by atoms with van der Waals surface area (Å²) in [5.41, 5.74) is 11.9. The minimum Gasteiger partial charge on any atom is -0.383 e. The van der Waals surface area contributed by atoms with Crippen LogP contribution in [0.1, 0.15) is 29.4 Å². The zero-order valence-corrected chi connectivity index (χ0v) is 7.87. The summed E-state index contributed by atoms with van der Waals surface area (Å²) < 4.78 is 1.48. The number of nitrogen functional groups attached to an aromatic ring is 1. The van der Waals surface area contributed by atoms with E-state index in [1.54, 1.807) is 7.05 Å². The number of amides is 1. The monoisotopic (exact) mass is 182 g/mol. The zero-order chi connectivity index (χ0) is 10.0. The number of anilines is 1.